The molecule has 6 N–H and O–H groups in total. The summed E-state index contributed by atoms with van der Waals surface area (Å²) in [5.74, 6) is -8.25. The maximum Gasteiger partial charge on any atom is 0.408 e. The van der Waals surface area contributed by atoms with E-state index >= 15 is 8.78 Å². The van der Waals surface area contributed by atoms with E-state index in [0.717, 1.165) is 18.1 Å². The van der Waals surface area contributed by atoms with Gasteiger partial charge in [0.2, 0.25) is 0 Å². The highest BCUT2D eigenvalue weighted by Gasteiger charge is 2.54. The molecule has 1 aliphatic carbocycles. The van der Waals surface area contributed by atoms with E-state index in [1.807, 2.05) is 25.1 Å². The zero-order chi connectivity index (χ0) is 56.5. The summed E-state index contributed by atoms with van der Waals surface area (Å²) in [7, 11) is 0. The van der Waals surface area contributed by atoms with E-state index in [9.17, 15) is 34.5 Å². The lowest BCUT2D eigenvalue weighted by Gasteiger charge is -2.46. The maximum absolute atomic E-state index is 15.1. The lowest BCUT2D eigenvalue weighted by Crippen LogP contribution is -2.59. The van der Waals surface area contributed by atoms with Crippen molar-refractivity contribution < 1.29 is 85.9 Å². The number of ketones is 1. The molecule has 0 aromatic heterocycles. The van der Waals surface area contributed by atoms with E-state index < -0.39 is 147 Å². The molecule has 0 unspecified atom stereocenters. The summed E-state index contributed by atoms with van der Waals surface area (Å²) < 4.78 is 84.5. The highest BCUT2D eigenvalue weighted by molar-refractivity contribution is 5.82. The van der Waals surface area contributed by atoms with Crippen LogP contribution in [0.1, 0.15) is 56.7 Å². The van der Waals surface area contributed by atoms with Crippen molar-refractivity contribution in [2.24, 2.45) is 22.9 Å². The Bertz CT molecular complexity index is 2550. The highest BCUT2D eigenvalue weighted by atomic mass is 19.3. The summed E-state index contributed by atoms with van der Waals surface area (Å²) >= 11 is 0. The zero-order valence-corrected chi connectivity index (χ0v) is 43.8. The molecule has 16 atom stereocenters. The van der Waals surface area contributed by atoms with Gasteiger partial charge in [-0.05, 0) is 53.8 Å². The highest BCUT2D eigenvalue weighted by Crippen LogP contribution is 2.41. The third-order valence-electron chi connectivity index (χ3n) is 14.0. The molecule has 0 radical (unpaired) electrons. The van der Waals surface area contributed by atoms with Gasteiger partial charge >= 0.3 is 18.3 Å². The molecule has 3 aromatic rings. The third kappa shape index (κ3) is 17.0. The summed E-state index contributed by atoms with van der Waals surface area (Å²) in [6.07, 6.45) is -10.8. The first-order valence-corrected chi connectivity index (χ1v) is 26.1. The van der Waals surface area contributed by atoms with Gasteiger partial charge in [0, 0.05) is 11.3 Å². The van der Waals surface area contributed by atoms with Gasteiger partial charge in [0.1, 0.15) is 62.1 Å². The van der Waals surface area contributed by atoms with Gasteiger partial charge in [-0.3, -0.25) is 4.79 Å². The number of hydrogen-bond donors (Lipinski definition) is 6. The van der Waals surface area contributed by atoms with E-state index in [-0.39, 0.29) is 32.8 Å². The minimum absolute atomic E-state index is 0.00229. The van der Waals surface area contributed by atoms with Crippen molar-refractivity contribution in [3.8, 4) is 0 Å². The molecule has 4 aliphatic rings. The molecule has 1 saturated heterocycles. The smallest absolute Gasteiger partial charge is 0.408 e. The van der Waals surface area contributed by atoms with Gasteiger partial charge in [-0.25, -0.2) is 23.2 Å². The van der Waals surface area contributed by atoms with Gasteiger partial charge in [0.25, 0.3) is 5.92 Å². The van der Waals surface area contributed by atoms with E-state index in [1.54, 1.807) is 97.9 Å². The van der Waals surface area contributed by atoms with E-state index in [0.29, 0.717) is 12.0 Å². The second-order valence-corrected chi connectivity index (χ2v) is 19.7. The Morgan fingerprint density at radius 1 is 0.709 bits per heavy atom. The molecule has 428 valence electrons. The standard InChI is InChI=1S/C55H68F2N6O16/c1-4-38-20-22-40(61-53(69)72-29-35-16-10-6-11-17-35)49(74-38)77-46-32(2)24-37(25-42(65)33(3)55(56,57)31-60-63-58)44(66)48(46)79-51-45(67)47(43(27-64)76-51)78-50-41(62-54(70)73-30-36-18-12-7-13-19-36)23-21-39(75-50)26-59-52(68)71-28-34-14-8-5-9-15-34/h5-23,32-33,37-41,43-51,64,66-67H,4,24-31H2,1-3H3,(H,59,68)(H,61,69)(H,62,70)/t32-,33+,37-,38+,39+,40+,41+,43+,44-,45+,46+,47+,48+,49+,50+,51-/m0/s1. The zero-order valence-electron chi connectivity index (χ0n) is 43.8. The predicted molar refractivity (Wildman–Crippen MR) is 275 cm³/mol. The van der Waals surface area contributed by atoms with Gasteiger partial charge in [0.15, 0.2) is 18.9 Å². The van der Waals surface area contributed by atoms with Crippen LogP contribution in [-0.4, -0.2) is 145 Å². The second-order valence-electron chi connectivity index (χ2n) is 19.7. The molecule has 79 heavy (non-hydrogen) atoms. The average molecular weight is 1110 g/mol. The summed E-state index contributed by atoms with van der Waals surface area (Å²) in [5, 5.41) is 46.1. The van der Waals surface area contributed by atoms with Crippen LogP contribution >= 0.6 is 0 Å². The van der Waals surface area contributed by atoms with Gasteiger partial charge in [-0.15, -0.1) is 0 Å². The number of carbonyl (C=O) groups excluding carboxylic acids is 4. The third-order valence-corrected chi connectivity index (χ3v) is 14.0. The van der Waals surface area contributed by atoms with Crippen molar-refractivity contribution in [1.82, 2.24) is 16.0 Å². The van der Waals surface area contributed by atoms with Gasteiger partial charge in [-0.2, -0.15) is 0 Å². The van der Waals surface area contributed by atoms with Crippen molar-refractivity contribution in [2.45, 2.75) is 146 Å². The monoisotopic (exact) mass is 1110 g/mol. The van der Waals surface area contributed by atoms with Crippen molar-refractivity contribution in [3.63, 3.8) is 0 Å². The molecule has 2 fully saturated rings. The fourth-order valence-electron chi connectivity index (χ4n) is 9.49. The number of azide groups is 1. The topological polar surface area (TPSA) is 297 Å². The number of aliphatic hydroxyl groups excluding tert-OH is 3. The van der Waals surface area contributed by atoms with Crippen molar-refractivity contribution in [2.75, 3.05) is 19.7 Å². The molecule has 24 heteroatoms. The lowest BCUT2D eigenvalue weighted by molar-refractivity contribution is -0.291. The van der Waals surface area contributed by atoms with Crippen LogP contribution in [0.2, 0.25) is 0 Å². The Morgan fingerprint density at radius 3 is 1.72 bits per heavy atom. The van der Waals surface area contributed by atoms with Crippen LogP contribution in [0.5, 0.6) is 0 Å². The van der Waals surface area contributed by atoms with Crippen LogP contribution in [-0.2, 0) is 67.2 Å². The number of Topliss-reactive ketones (excluding diaryl/α,β-unsaturated/α-hetero) is 1. The van der Waals surface area contributed by atoms with Gasteiger partial charge < -0.3 is 73.9 Å². The van der Waals surface area contributed by atoms with E-state index in [2.05, 4.69) is 26.0 Å². The molecule has 3 aliphatic heterocycles. The predicted octanol–water partition coefficient (Wildman–Crippen LogP) is 6.27. The fourth-order valence-corrected chi connectivity index (χ4v) is 9.49. The molecular formula is C55H68F2N6O16. The quantitative estimate of drug-likeness (QED) is 0.0189. The van der Waals surface area contributed by atoms with E-state index in [1.165, 1.54) is 6.08 Å². The summed E-state index contributed by atoms with van der Waals surface area (Å²) in [4.78, 5) is 55.1. The molecule has 0 spiro atoms. The van der Waals surface area contributed by atoms with Crippen LogP contribution in [0.25, 0.3) is 10.4 Å². The first-order chi connectivity index (χ1) is 38.0. The molecule has 3 amide bonds. The molecule has 3 heterocycles. The Hall–Kier alpha value is -6.57. The van der Waals surface area contributed by atoms with Crippen molar-refractivity contribution >= 4 is 24.1 Å². The first kappa shape index (κ1) is 60.1. The van der Waals surface area contributed by atoms with Gasteiger partial charge in [0.05, 0.1) is 50.0 Å². The van der Waals surface area contributed by atoms with Crippen LogP contribution in [0.15, 0.2) is 120 Å². The van der Waals surface area contributed by atoms with Crippen molar-refractivity contribution in [1.29, 1.82) is 0 Å². The fraction of sp³-hybridized carbons (Fsp3) is 0.527. The Kier molecular flexibility index (Phi) is 22.1. The molecule has 22 nitrogen and oxygen atoms in total. The van der Waals surface area contributed by atoms with Gasteiger partial charge in [-0.1, -0.05) is 134 Å². The van der Waals surface area contributed by atoms with Crippen LogP contribution < -0.4 is 16.0 Å². The minimum atomic E-state index is -3.71. The number of ether oxygens (including phenoxy) is 9. The lowest BCUT2D eigenvalue weighted by atomic mass is 9.73. The number of nitrogens with zero attached hydrogens (tertiary/aromatic N) is 3. The molecule has 7 rings (SSSR count). The average Bonchev–Trinajstić information content (AvgIpc) is 3.85. The number of carbonyl (C=O) groups is 4. The number of alkyl carbamates (subject to hydrolysis) is 3. The largest absolute Gasteiger partial charge is 0.445 e. The molecule has 0 bridgehead atoms. The first-order valence-electron chi connectivity index (χ1n) is 26.1. The second kappa shape index (κ2) is 29.1. The number of hydrogen-bond acceptors (Lipinski definition) is 17. The number of benzene rings is 3. The number of amides is 3. The number of halogens is 2. The van der Waals surface area contributed by atoms with E-state index in [4.69, 9.17) is 48.2 Å². The van der Waals surface area contributed by atoms with Crippen LogP contribution in [0.4, 0.5) is 23.2 Å². The number of rotatable bonds is 24. The van der Waals surface area contributed by atoms with Crippen LogP contribution in [0.3, 0.4) is 0 Å². The molecular weight excluding hydrogens is 1040 g/mol. The number of nitrogens with one attached hydrogen (secondary N) is 3. The Labute approximate surface area is 455 Å². The number of alkyl halides is 2. The minimum Gasteiger partial charge on any atom is -0.445 e. The summed E-state index contributed by atoms with van der Waals surface area (Å²) in [5.41, 5.74) is 10.9. The molecule has 1 saturated carbocycles. The SMILES string of the molecule is CC[C@@H]1C=C[C@@H](NC(=O)OCc2ccccc2)[C@@H](O[C@H]2[C@H](O[C@@H]3O[C@H](CO)[C@@H](O[C@H]4O[C@@H](CNC(=O)OCc5ccccc5)C=C[C@H]4NC(=O)OCc4ccccc4)[C@H]3O)[C@@H](O)[C@H](CC(=O)[C@@H](C)C(F)(F)CN=[N+]=[N-])C[C@@H]2C)O1. The summed E-state index contributed by atoms with van der Waals surface area (Å²) in [6, 6.07) is 24.9. The Balaban J connectivity index is 1.10. The number of aliphatic hydroxyl groups is 3. The molecule has 3 aromatic carbocycles. The Morgan fingerprint density at radius 2 is 1.20 bits per heavy atom. The van der Waals surface area contributed by atoms with Crippen LogP contribution in [0, 0.1) is 17.8 Å². The van der Waals surface area contributed by atoms with Crippen molar-refractivity contribution in [3.05, 3.63) is 142 Å². The summed E-state index contributed by atoms with van der Waals surface area (Å²) in [6.45, 7) is 2.29. The maximum atomic E-state index is 15.1. The normalized spacial score (nSPS) is 29.8.